The zero-order valence-corrected chi connectivity index (χ0v) is 12.8. The first kappa shape index (κ1) is 13.9. The average Bonchev–Trinajstić information content (AvgIpc) is 2.84. The Labute approximate surface area is 124 Å². The number of piperazine rings is 1. The van der Waals surface area contributed by atoms with Crippen LogP contribution in [0.4, 0.5) is 5.82 Å². The van der Waals surface area contributed by atoms with Gasteiger partial charge in [-0.05, 0) is 13.3 Å². The predicted molar refractivity (Wildman–Crippen MR) is 81.6 cm³/mol. The van der Waals surface area contributed by atoms with Crippen molar-refractivity contribution in [2.75, 3.05) is 31.1 Å². The molecule has 1 aliphatic rings. The molecule has 0 radical (unpaired) electrons. The molecule has 0 bridgehead atoms. The fourth-order valence-corrected chi connectivity index (χ4v) is 2.96. The van der Waals surface area contributed by atoms with Gasteiger partial charge in [-0.3, -0.25) is 9.20 Å². The number of nitrogens with zero attached hydrogens (tertiary/aromatic N) is 5. The van der Waals surface area contributed by atoms with Gasteiger partial charge in [0.25, 0.3) is 0 Å². The summed E-state index contributed by atoms with van der Waals surface area (Å²) in [6.07, 6.45) is 4.68. The summed E-state index contributed by atoms with van der Waals surface area (Å²) in [6.45, 7) is 8.92. The summed E-state index contributed by atoms with van der Waals surface area (Å²) in [6, 6.07) is 0. The highest BCUT2D eigenvalue weighted by Crippen LogP contribution is 2.24. The Morgan fingerprint density at radius 2 is 2.00 bits per heavy atom. The van der Waals surface area contributed by atoms with E-state index < -0.39 is 0 Å². The number of hydrogen-bond acceptors (Lipinski definition) is 4. The van der Waals surface area contributed by atoms with Gasteiger partial charge in [0.05, 0.1) is 5.69 Å². The molecule has 21 heavy (non-hydrogen) atoms. The standard InChI is InChI=1S/C15H21N5O/c1-4-13-14-15(16-5-6-20(14)11(2)17-13)19-9-7-18(8-10-19)12(3)21/h5-6H,4,7-10H2,1-3H3. The number of rotatable bonds is 2. The Kier molecular flexibility index (Phi) is 3.53. The second kappa shape index (κ2) is 5.35. The lowest BCUT2D eigenvalue weighted by Crippen LogP contribution is -2.48. The molecule has 0 spiro atoms. The van der Waals surface area contributed by atoms with Crippen molar-refractivity contribution in [2.24, 2.45) is 0 Å². The lowest BCUT2D eigenvalue weighted by molar-refractivity contribution is -0.129. The number of imidazole rings is 1. The molecular formula is C15H21N5O. The van der Waals surface area contributed by atoms with Crippen molar-refractivity contribution in [3.63, 3.8) is 0 Å². The molecule has 0 saturated carbocycles. The van der Waals surface area contributed by atoms with E-state index in [0.29, 0.717) is 0 Å². The number of aryl methyl sites for hydroxylation is 2. The van der Waals surface area contributed by atoms with Gasteiger partial charge in [-0.15, -0.1) is 0 Å². The van der Waals surface area contributed by atoms with Crippen LogP contribution in [0, 0.1) is 6.92 Å². The van der Waals surface area contributed by atoms with Crippen LogP contribution in [0.15, 0.2) is 12.4 Å². The number of carbonyl (C=O) groups excluding carboxylic acids is 1. The van der Waals surface area contributed by atoms with E-state index in [1.165, 1.54) is 0 Å². The van der Waals surface area contributed by atoms with Crippen LogP contribution in [-0.2, 0) is 11.2 Å². The Morgan fingerprint density at radius 1 is 1.29 bits per heavy atom. The Hall–Kier alpha value is -2.11. The van der Waals surface area contributed by atoms with Crippen molar-refractivity contribution < 1.29 is 4.79 Å². The molecule has 6 heteroatoms. The first-order valence-electron chi connectivity index (χ1n) is 7.44. The molecule has 1 fully saturated rings. The molecule has 0 unspecified atom stereocenters. The highest BCUT2D eigenvalue weighted by atomic mass is 16.2. The smallest absolute Gasteiger partial charge is 0.219 e. The van der Waals surface area contributed by atoms with Gasteiger partial charge < -0.3 is 9.80 Å². The van der Waals surface area contributed by atoms with Crippen LogP contribution in [-0.4, -0.2) is 51.4 Å². The number of aromatic nitrogens is 3. The fraction of sp³-hybridized carbons (Fsp3) is 0.533. The van der Waals surface area contributed by atoms with Gasteiger partial charge in [0.2, 0.25) is 5.91 Å². The Balaban J connectivity index is 1.96. The summed E-state index contributed by atoms with van der Waals surface area (Å²) in [7, 11) is 0. The first-order chi connectivity index (χ1) is 10.1. The number of carbonyl (C=O) groups is 1. The van der Waals surface area contributed by atoms with Crippen molar-refractivity contribution in [1.29, 1.82) is 0 Å². The summed E-state index contributed by atoms with van der Waals surface area (Å²) in [5, 5.41) is 0. The third-order valence-corrected chi connectivity index (χ3v) is 4.14. The molecule has 3 heterocycles. The van der Waals surface area contributed by atoms with Crippen molar-refractivity contribution in [2.45, 2.75) is 27.2 Å². The number of amides is 1. The van der Waals surface area contributed by atoms with Crippen LogP contribution in [0.3, 0.4) is 0 Å². The average molecular weight is 287 g/mol. The van der Waals surface area contributed by atoms with Gasteiger partial charge in [0.15, 0.2) is 5.82 Å². The number of hydrogen-bond donors (Lipinski definition) is 0. The normalized spacial score (nSPS) is 15.8. The van der Waals surface area contributed by atoms with Crippen LogP contribution >= 0.6 is 0 Å². The fourth-order valence-electron chi connectivity index (χ4n) is 2.96. The van der Waals surface area contributed by atoms with E-state index in [-0.39, 0.29) is 5.91 Å². The maximum Gasteiger partial charge on any atom is 0.219 e. The van der Waals surface area contributed by atoms with E-state index in [9.17, 15) is 4.79 Å². The van der Waals surface area contributed by atoms with Crippen LogP contribution in [0.25, 0.3) is 5.52 Å². The minimum absolute atomic E-state index is 0.148. The zero-order valence-electron chi connectivity index (χ0n) is 12.8. The third-order valence-electron chi connectivity index (χ3n) is 4.14. The molecular weight excluding hydrogens is 266 g/mol. The van der Waals surface area contributed by atoms with E-state index in [2.05, 4.69) is 26.2 Å². The Morgan fingerprint density at radius 3 is 2.62 bits per heavy atom. The van der Waals surface area contributed by atoms with Gasteiger partial charge in [0.1, 0.15) is 11.3 Å². The topological polar surface area (TPSA) is 53.7 Å². The SMILES string of the molecule is CCc1nc(C)n2ccnc(N3CCN(C(C)=O)CC3)c12. The van der Waals surface area contributed by atoms with Crippen molar-refractivity contribution >= 4 is 17.2 Å². The van der Waals surface area contributed by atoms with Crippen LogP contribution in [0.1, 0.15) is 25.4 Å². The monoisotopic (exact) mass is 287 g/mol. The second-order valence-electron chi connectivity index (χ2n) is 5.42. The highest BCUT2D eigenvalue weighted by Gasteiger charge is 2.23. The molecule has 0 aromatic carbocycles. The summed E-state index contributed by atoms with van der Waals surface area (Å²) in [4.78, 5) is 24.8. The van der Waals surface area contributed by atoms with Gasteiger partial charge in [-0.2, -0.15) is 0 Å². The second-order valence-corrected chi connectivity index (χ2v) is 5.42. The van der Waals surface area contributed by atoms with Crippen LogP contribution in [0.5, 0.6) is 0 Å². The largest absolute Gasteiger partial charge is 0.351 e. The van der Waals surface area contributed by atoms with E-state index in [1.807, 2.05) is 24.2 Å². The molecule has 1 amide bonds. The van der Waals surface area contributed by atoms with Crippen molar-refractivity contribution in [1.82, 2.24) is 19.3 Å². The molecule has 6 nitrogen and oxygen atoms in total. The molecule has 0 atom stereocenters. The van der Waals surface area contributed by atoms with E-state index in [1.54, 1.807) is 6.92 Å². The zero-order chi connectivity index (χ0) is 15.0. The van der Waals surface area contributed by atoms with Gasteiger partial charge >= 0.3 is 0 Å². The van der Waals surface area contributed by atoms with Crippen molar-refractivity contribution in [3.05, 3.63) is 23.9 Å². The molecule has 1 aliphatic heterocycles. The number of anilines is 1. The van der Waals surface area contributed by atoms with Crippen LogP contribution < -0.4 is 4.90 Å². The van der Waals surface area contributed by atoms with E-state index >= 15 is 0 Å². The highest BCUT2D eigenvalue weighted by molar-refractivity contribution is 5.75. The minimum Gasteiger partial charge on any atom is -0.351 e. The summed E-state index contributed by atoms with van der Waals surface area (Å²) in [5.41, 5.74) is 2.19. The molecule has 1 saturated heterocycles. The molecule has 3 rings (SSSR count). The molecule has 2 aromatic rings. The summed E-state index contributed by atoms with van der Waals surface area (Å²) < 4.78 is 2.11. The number of fused-ring (bicyclic) bond motifs is 1. The van der Waals surface area contributed by atoms with Gasteiger partial charge in [-0.25, -0.2) is 9.97 Å². The molecule has 0 N–H and O–H groups in total. The van der Waals surface area contributed by atoms with Gasteiger partial charge in [0, 0.05) is 45.5 Å². The maximum absolute atomic E-state index is 11.4. The summed E-state index contributed by atoms with van der Waals surface area (Å²) in [5.74, 6) is 2.13. The third kappa shape index (κ3) is 2.34. The van der Waals surface area contributed by atoms with Crippen LogP contribution in [0.2, 0.25) is 0 Å². The minimum atomic E-state index is 0.148. The molecule has 2 aromatic heterocycles. The predicted octanol–water partition coefficient (Wildman–Crippen LogP) is 1.27. The lowest BCUT2D eigenvalue weighted by Gasteiger charge is -2.35. The Bertz CT molecular complexity index is 670. The first-order valence-corrected chi connectivity index (χ1v) is 7.44. The molecule has 0 aliphatic carbocycles. The quantitative estimate of drug-likeness (QED) is 0.834. The van der Waals surface area contributed by atoms with Gasteiger partial charge in [-0.1, -0.05) is 6.92 Å². The van der Waals surface area contributed by atoms with E-state index in [0.717, 1.165) is 55.5 Å². The van der Waals surface area contributed by atoms with Crippen molar-refractivity contribution in [3.8, 4) is 0 Å². The maximum atomic E-state index is 11.4. The lowest BCUT2D eigenvalue weighted by atomic mass is 10.2. The molecule has 112 valence electrons. The summed E-state index contributed by atoms with van der Waals surface area (Å²) >= 11 is 0. The van der Waals surface area contributed by atoms with E-state index in [4.69, 9.17) is 0 Å².